The molecule has 1 aliphatic heterocycles. The van der Waals surface area contributed by atoms with Crippen LogP contribution in [0.1, 0.15) is 39.5 Å². The molecule has 1 saturated carbocycles. The molecule has 32 heavy (non-hydrogen) atoms. The summed E-state index contributed by atoms with van der Waals surface area (Å²) in [6, 6.07) is 12.7. The third kappa shape index (κ3) is 4.30. The minimum absolute atomic E-state index is 0.389. The molecule has 168 valence electrons. The van der Waals surface area contributed by atoms with E-state index in [0.29, 0.717) is 24.4 Å². The Morgan fingerprint density at radius 3 is 2.56 bits per heavy atom. The average Bonchev–Trinajstić information content (AvgIpc) is 2.99. The number of nitrogens with zero attached hydrogens (tertiary/aromatic N) is 1. The lowest BCUT2D eigenvalue weighted by Gasteiger charge is -2.33. The summed E-state index contributed by atoms with van der Waals surface area (Å²) in [7, 11) is 0. The first-order valence-electron chi connectivity index (χ1n) is 10.9. The number of carbonyl (C=O) groups excluding carboxylic acids is 4. The van der Waals surface area contributed by atoms with Gasteiger partial charge in [0, 0.05) is 5.69 Å². The quantitative estimate of drug-likeness (QED) is 0.552. The molecule has 1 saturated heterocycles. The van der Waals surface area contributed by atoms with E-state index in [4.69, 9.17) is 4.74 Å². The zero-order chi connectivity index (χ0) is 22.9. The molecular weight excluding hydrogens is 410 g/mol. The first-order valence-corrected chi connectivity index (χ1v) is 10.9. The lowest BCUT2D eigenvalue weighted by atomic mass is 9.77. The fourth-order valence-corrected chi connectivity index (χ4v) is 4.34. The van der Waals surface area contributed by atoms with Crippen molar-refractivity contribution in [3.8, 4) is 0 Å². The molecule has 0 radical (unpaired) electrons. The van der Waals surface area contributed by atoms with Crippen LogP contribution in [0.2, 0.25) is 0 Å². The highest BCUT2D eigenvalue weighted by Gasteiger charge is 2.52. The van der Waals surface area contributed by atoms with Crippen LogP contribution in [0.25, 0.3) is 10.8 Å². The number of nitrogens with one attached hydrogen (secondary N) is 2. The Balaban J connectivity index is 1.33. The van der Waals surface area contributed by atoms with E-state index in [0.717, 1.165) is 28.5 Å². The third-order valence-corrected chi connectivity index (χ3v) is 6.36. The predicted molar refractivity (Wildman–Crippen MR) is 119 cm³/mol. The van der Waals surface area contributed by atoms with Crippen LogP contribution < -0.4 is 10.6 Å². The van der Waals surface area contributed by atoms with E-state index in [9.17, 15) is 19.2 Å². The molecule has 2 fully saturated rings. The predicted octanol–water partition coefficient (Wildman–Crippen LogP) is 3.21. The molecule has 0 bridgehead atoms. The molecule has 1 atom stereocenters. The molecule has 2 aromatic rings. The van der Waals surface area contributed by atoms with Gasteiger partial charge < -0.3 is 15.4 Å². The Morgan fingerprint density at radius 1 is 1.16 bits per heavy atom. The lowest BCUT2D eigenvalue weighted by Crippen LogP contribution is -2.49. The molecule has 2 aromatic carbocycles. The minimum Gasteiger partial charge on any atom is -0.451 e. The monoisotopic (exact) mass is 437 g/mol. The Labute approximate surface area is 186 Å². The molecule has 1 heterocycles. The maximum atomic E-state index is 12.9. The van der Waals surface area contributed by atoms with Crippen LogP contribution in [-0.4, -0.2) is 46.9 Å². The SMILES string of the molecule is CC1CCC2(CC1)NC(=O)N(CC(=O)OC(C)C(=O)Nc1ccc3ccccc3c1)C2=O. The fraction of sp³-hybridized carbons (Fsp3) is 0.417. The summed E-state index contributed by atoms with van der Waals surface area (Å²) < 4.78 is 5.20. The molecular formula is C24H27N3O5. The van der Waals surface area contributed by atoms with Crippen molar-refractivity contribution < 1.29 is 23.9 Å². The standard InChI is InChI=1S/C24H27N3O5/c1-15-9-11-24(12-10-15)22(30)27(23(31)26-24)14-20(28)32-16(2)21(29)25-19-8-7-17-5-3-4-6-18(17)13-19/h3-8,13,15-16H,9-12,14H2,1-2H3,(H,25,29)(H,26,31). The molecule has 0 aromatic heterocycles. The van der Waals surface area contributed by atoms with Crippen LogP contribution in [-0.2, 0) is 19.1 Å². The van der Waals surface area contributed by atoms with Gasteiger partial charge in [-0.25, -0.2) is 4.79 Å². The number of anilines is 1. The number of fused-ring (bicyclic) bond motifs is 1. The van der Waals surface area contributed by atoms with Crippen LogP contribution >= 0.6 is 0 Å². The van der Waals surface area contributed by atoms with Gasteiger partial charge in [-0.15, -0.1) is 0 Å². The van der Waals surface area contributed by atoms with Crippen molar-refractivity contribution in [2.45, 2.75) is 51.2 Å². The second-order valence-corrected chi connectivity index (χ2v) is 8.77. The van der Waals surface area contributed by atoms with Gasteiger partial charge in [0.15, 0.2) is 6.10 Å². The van der Waals surface area contributed by atoms with Crippen molar-refractivity contribution in [2.24, 2.45) is 5.92 Å². The average molecular weight is 437 g/mol. The zero-order valence-corrected chi connectivity index (χ0v) is 18.2. The lowest BCUT2D eigenvalue weighted by molar-refractivity contribution is -0.155. The van der Waals surface area contributed by atoms with Crippen molar-refractivity contribution in [2.75, 3.05) is 11.9 Å². The smallest absolute Gasteiger partial charge is 0.327 e. The fourth-order valence-electron chi connectivity index (χ4n) is 4.34. The van der Waals surface area contributed by atoms with Gasteiger partial charge in [0.25, 0.3) is 11.8 Å². The summed E-state index contributed by atoms with van der Waals surface area (Å²) >= 11 is 0. The normalized spacial score (nSPS) is 23.8. The maximum absolute atomic E-state index is 12.9. The summed E-state index contributed by atoms with van der Waals surface area (Å²) in [6.07, 6.45) is 1.73. The summed E-state index contributed by atoms with van der Waals surface area (Å²) in [6.45, 7) is 3.05. The van der Waals surface area contributed by atoms with E-state index < -0.39 is 36.1 Å². The number of hydrogen-bond donors (Lipinski definition) is 2. The maximum Gasteiger partial charge on any atom is 0.327 e. The molecule has 4 amide bonds. The second-order valence-electron chi connectivity index (χ2n) is 8.77. The van der Waals surface area contributed by atoms with Crippen molar-refractivity contribution in [1.29, 1.82) is 0 Å². The highest BCUT2D eigenvalue weighted by molar-refractivity contribution is 6.09. The van der Waals surface area contributed by atoms with Gasteiger partial charge in [-0.05, 0) is 61.4 Å². The van der Waals surface area contributed by atoms with E-state index in [1.807, 2.05) is 36.4 Å². The van der Waals surface area contributed by atoms with Gasteiger partial charge in [0.05, 0.1) is 0 Å². The number of hydrogen-bond acceptors (Lipinski definition) is 5. The van der Waals surface area contributed by atoms with E-state index in [1.165, 1.54) is 6.92 Å². The molecule has 2 aliphatic rings. The number of amides is 4. The number of ether oxygens (including phenoxy) is 1. The van der Waals surface area contributed by atoms with Gasteiger partial charge in [-0.3, -0.25) is 19.3 Å². The van der Waals surface area contributed by atoms with Crippen LogP contribution in [0.4, 0.5) is 10.5 Å². The first kappa shape index (κ1) is 21.8. The molecule has 8 heteroatoms. The first-order chi connectivity index (χ1) is 15.3. The Kier molecular flexibility index (Phi) is 5.86. The highest BCUT2D eigenvalue weighted by Crippen LogP contribution is 2.36. The summed E-state index contributed by atoms with van der Waals surface area (Å²) in [5, 5.41) is 7.51. The third-order valence-electron chi connectivity index (χ3n) is 6.36. The Hall–Kier alpha value is -3.42. The van der Waals surface area contributed by atoms with Crippen LogP contribution in [0, 0.1) is 5.92 Å². The topological polar surface area (TPSA) is 105 Å². The minimum atomic E-state index is -1.08. The van der Waals surface area contributed by atoms with E-state index in [2.05, 4.69) is 17.6 Å². The van der Waals surface area contributed by atoms with Crippen molar-refractivity contribution >= 4 is 40.3 Å². The molecule has 2 N–H and O–H groups in total. The van der Waals surface area contributed by atoms with Crippen LogP contribution in [0.15, 0.2) is 42.5 Å². The molecule has 1 spiro atoms. The number of rotatable bonds is 5. The zero-order valence-electron chi connectivity index (χ0n) is 18.2. The number of imide groups is 1. The second kappa shape index (κ2) is 8.61. The molecule has 1 aliphatic carbocycles. The summed E-state index contributed by atoms with van der Waals surface area (Å²) in [4.78, 5) is 51.0. The molecule has 8 nitrogen and oxygen atoms in total. The Morgan fingerprint density at radius 2 is 1.84 bits per heavy atom. The number of urea groups is 1. The van der Waals surface area contributed by atoms with Gasteiger partial charge in [0.2, 0.25) is 0 Å². The number of benzene rings is 2. The van der Waals surface area contributed by atoms with Crippen LogP contribution in [0.3, 0.4) is 0 Å². The van der Waals surface area contributed by atoms with Gasteiger partial charge >= 0.3 is 12.0 Å². The van der Waals surface area contributed by atoms with Gasteiger partial charge in [-0.1, -0.05) is 37.3 Å². The largest absolute Gasteiger partial charge is 0.451 e. The van der Waals surface area contributed by atoms with Gasteiger partial charge in [-0.2, -0.15) is 0 Å². The number of carbonyl (C=O) groups is 4. The van der Waals surface area contributed by atoms with E-state index in [1.54, 1.807) is 6.07 Å². The van der Waals surface area contributed by atoms with Crippen molar-refractivity contribution in [1.82, 2.24) is 10.2 Å². The van der Waals surface area contributed by atoms with E-state index >= 15 is 0 Å². The Bertz CT molecular complexity index is 1070. The van der Waals surface area contributed by atoms with Crippen molar-refractivity contribution in [3.63, 3.8) is 0 Å². The summed E-state index contributed by atoms with van der Waals surface area (Å²) in [5.41, 5.74) is -0.331. The van der Waals surface area contributed by atoms with Crippen LogP contribution in [0.5, 0.6) is 0 Å². The number of esters is 1. The molecule has 4 rings (SSSR count). The van der Waals surface area contributed by atoms with Gasteiger partial charge in [0.1, 0.15) is 12.1 Å². The van der Waals surface area contributed by atoms with E-state index in [-0.39, 0.29) is 5.91 Å². The molecule has 1 unspecified atom stereocenters. The summed E-state index contributed by atoms with van der Waals surface area (Å²) in [5.74, 6) is -1.19. The highest BCUT2D eigenvalue weighted by atomic mass is 16.5. The van der Waals surface area contributed by atoms with Crippen molar-refractivity contribution in [3.05, 3.63) is 42.5 Å².